The number of amides is 2. The highest BCUT2D eigenvalue weighted by Crippen LogP contribution is 2.37. The minimum absolute atomic E-state index is 0.138. The summed E-state index contributed by atoms with van der Waals surface area (Å²) in [5, 5.41) is 5.02. The summed E-state index contributed by atoms with van der Waals surface area (Å²) in [4.78, 5) is 25.1. The van der Waals surface area contributed by atoms with Gasteiger partial charge in [0.1, 0.15) is 5.60 Å². The van der Waals surface area contributed by atoms with Gasteiger partial charge in [0, 0.05) is 25.7 Å². The maximum Gasteiger partial charge on any atom is 0.471 e. The molecule has 0 aromatic rings. The fraction of sp³-hybridized carbons (Fsp3) is 0.857. The summed E-state index contributed by atoms with van der Waals surface area (Å²) in [6.07, 6.45) is -4.31. The van der Waals surface area contributed by atoms with Crippen molar-refractivity contribution >= 4 is 12.0 Å². The second-order valence-corrected chi connectivity index (χ2v) is 7.08. The molecule has 6 nitrogen and oxygen atoms in total. The Kier molecular flexibility index (Phi) is 4.53. The largest absolute Gasteiger partial charge is 0.471 e. The highest BCUT2D eigenvalue weighted by Gasteiger charge is 2.53. The van der Waals surface area contributed by atoms with E-state index in [1.165, 1.54) is 4.90 Å². The lowest BCUT2D eigenvalue weighted by molar-refractivity contribution is -0.174. The molecule has 9 heteroatoms. The number of hydrogen-bond donors (Lipinski definition) is 2. The number of carbonyl (C=O) groups is 2. The van der Waals surface area contributed by atoms with Crippen molar-refractivity contribution in [2.75, 3.05) is 19.6 Å². The monoisotopic (exact) mass is 337 g/mol. The minimum atomic E-state index is -4.94. The van der Waals surface area contributed by atoms with Gasteiger partial charge in [0.05, 0.1) is 5.54 Å². The molecule has 2 fully saturated rings. The van der Waals surface area contributed by atoms with Crippen LogP contribution in [0.2, 0.25) is 0 Å². The van der Waals surface area contributed by atoms with Crippen LogP contribution in [0.4, 0.5) is 18.0 Å². The first kappa shape index (κ1) is 17.8. The number of rotatable bonds is 2. The zero-order chi connectivity index (χ0) is 17.5. The molecule has 2 unspecified atom stereocenters. The number of halogens is 3. The second kappa shape index (κ2) is 5.85. The summed E-state index contributed by atoms with van der Waals surface area (Å²) in [6, 6.07) is -0.138. The summed E-state index contributed by atoms with van der Waals surface area (Å²) < 4.78 is 42.5. The van der Waals surface area contributed by atoms with Crippen LogP contribution in [-0.4, -0.2) is 59.9 Å². The molecule has 0 aliphatic carbocycles. The van der Waals surface area contributed by atoms with E-state index in [-0.39, 0.29) is 12.6 Å². The van der Waals surface area contributed by atoms with Gasteiger partial charge in [-0.3, -0.25) is 9.69 Å². The summed E-state index contributed by atoms with van der Waals surface area (Å²) in [5.41, 5.74) is -1.58. The van der Waals surface area contributed by atoms with Crippen molar-refractivity contribution in [1.29, 1.82) is 0 Å². The van der Waals surface area contributed by atoms with Gasteiger partial charge in [0.25, 0.3) is 0 Å². The van der Waals surface area contributed by atoms with Gasteiger partial charge in [-0.1, -0.05) is 0 Å². The minimum Gasteiger partial charge on any atom is -0.444 e. The van der Waals surface area contributed by atoms with Gasteiger partial charge in [-0.2, -0.15) is 13.2 Å². The number of carbonyl (C=O) groups excluding carboxylic acids is 2. The summed E-state index contributed by atoms with van der Waals surface area (Å²) in [7, 11) is 0. The van der Waals surface area contributed by atoms with Crippen molar-refractivity contribution < 1.29 is 27.5 Å². The Bertz CT molecular complexity index is 486. The molecule has 2 heterocycles. The molecule has 0 saturated carbocycles. The molecule has 132 valence electrons. The Morgan fingerprint density at radius 1 is 1.35 bits per heavy atom. The number of nitrogens with zero attached hydrogens (tertiary/aromatic N) is 1. The number of alkyl halides is 3. The third-order valence-electron chi connectivity index (χ3n) is 4.08. The van der Waals surface area contributed by atoms with E-state index in [1.807, 2.05) is 5.32 Å². The molecular formula is C14H22F3N3O3. The normalized spacial score (nSPS) is 27.7. The first-order valence-electron chi connectivity index (χ1n) is 7.53. The highest BCUT2D eigenvalue weighted by atomic mass is 19.4. The molecule has 2 saturated heterocycles. The molecule has 2 amide bonds. The lowest BCUT2D eigenvalue weighted by Crippen LogP contribution is -2.66. The molecule has 2 aliphatic rings. The van der Waals surface area contributed by atoms with Crippen LogP contribution >= 0.6 is 0 Å². The zero-order valence-corrected chi connectivity index (χ0v) is 13.4. The molecule has 0 aromatic heterocycles. The average molecular weight is 337 g/mol. The first-order valence-corrected chi connectivity index (χ1v) is 7.53. The van der Waals surface area contributed by atoms with Gasteiger partial charge in [-0.15, -0.1) is 0 Å². The molecule has 2 atom stereocenters. The van der Waals surface area contributed by atoms with Crippen LogP contribution in [0, 0.1) is 0 Å². The second-order valence-electron chi connectivity index (χ2n) is 7.08. The Balaban J connectivity index is 2.13. The quantitative estimate of drug-likeness (QED) is 0.799. The number of ether oxygens (including phenoxy) is 1. The van der Waals surface area contributed by atoms with Crippen molar-refractivity contribution in [3.8, 4) is 0 Å². The fourth-order valence-electron chi connectivity index (χ4n) is 3.15. The Morgan fingerprint density at radius 3 is 2.57 bits per heavy atom. The van der Waals surface area contributed by atoms with E-state index in [4.69, 9.17) is 4.74 Å². The number of piperazine rings is 1. The number of hydrogen-bond acceptors (Lipinski definition) is 4. The first-order chi connectivity index (χ1) is 10.4. The summed E-state index contributed by atoms with van der Waals surface area (Å²) >= 11 is 0. The third kappa shape index (κ3) is 3.88. The lowest BCUT2D eigenvalue weighted by Gasteiger charge is -2.45. The molecule has 23 heavy (non-hydrogen) atoms. The molecule has 0 aromatic carbocycles. The van der Waals surface area contributed by atoms with Crippen molar-refractivity contribution in [3.05, 3.63) is 0 Å². The Hall–Kier alpha value is -1.51. The van der Waals surface area contributed by atoms with Crippen LogP contribution in [0.5, 0.6) is 0 Å². The topological polar surface area (TPSA) is 70.7 Å². The Labute approximate surface area is 132 Å². The Morgan fingerprint density at radius 2 is 2.00 bits per heavy atom. The van der Waals surface area contributed by atoms with Crippen molar-refractivity contribution in [2.24, 2.45) is 0 Å². The standard InChI is InChI=1S/C14H22F3N3O3/c1-12(2,3)23-11(22)20-9-4-5-13(20,7-18-6-9)8-19-10(21)14(15,16)17/h9,18H,4-8H2,1-3H3,(H,19,21). The number of nitrogens with one attached hydrogen (secondary N) is 2. The van der Waals surface area contributed by atoms with Crippen LogP contribution in [0.25, 0.3) is 0 Å². The van der Waals surface area contributed by atoms with E-state index in [2.05, 4.69) is 5.32 Å². The molecule has 2 N–H and O–H groups in total. The van der Waals surface area contributed by atoms with E-state index in [1.54, 1.807) is 20.8 Å². The maximum atomic E-state index is 12.5. The van der Waals surface area contributed by atoms with Gasteiger partial charge >= 0.3 is 18.2 Å². The summed E-state index contributed by atoms with van der Waals surface area (Å²) in [5.74, 6) is -2.00. The van der Waals surface area contributed by atoms with Crippen LogP contribution < -0.4 is 10.6 Å². The van der Waals surface area contributed by atoms with E-state index in [0.29, 0.717) is 25.9 Å². The van der Waals surface area contributed by atoms with E-state index in [0.717, 1.165) is 0 Å². The molecule has 0 spiro atoms. The van der Waals surface area contributed by atoms with Gasteiger partial charge in [-0.05, 0) is 33.6 Å². The maximum absolute atomic E-state index is 12.5. The fourth-order valence-corrected chi connectivity index (χ4v) is 3.15. The molecular weight excluding hydrogens is 315 g/mol. The predicted octanol–water partition coefficient (Wildman–Crippen LogP) is 1.41. The lowest BCUT2D eigenvalue weighted by atomic mass is 9.95. The predicted molar refractivity (Wildman–Crippen MR) is 75.8 cm³/mol. The third-order valence-corrected chi connectivity index (χ3v) is 4.08. The molecule has 0 radical (unpaired) electrons. The van der Waals surface area contributed by atoms with Crippen LogP contribution in [0.1, 0.15) is 33.6 Å². The molecule has 2 aliphatic heterocycles. The van der Waals surface area contributed by atoms with E-state index < -0.39 is 29.3 Å². The van der Waals surface area contributed by atoms with E-state index in [9.17, 15) is 22.8 Å². The highest BCUT2D eigenvalue weighted by molar-refractivity contribution is 5.82. The van der Waals surface area contributed by atoms with Crippen molar-refractivity contribution in [3.63, 3.8) is 0 Å². The van der Waals surface area contributed by atoms with E-state index >= 15 is 0 Å². The molecule has 2 rings (SSSR count). The zero-order valence-electron chi connectivity index (χ0n) is 13.4. The van der Waals surface area contributed by atoms with Crippen molar-refractivity contribution in [2.45, 2.75) is 57.0 Å². The van der Waals surface area contributed by atoms with Gasteiger partial charge in [0.2, 0.25) is 0 Å². The van der Waals surface area contributed by atoms with Gasteiger partial charge in [0.15, 0.2) is 0 Å². The SMILES string of the molecule is CC(C)(C)OC(=O)N1C2CCC1(CNC(=O)C(F)(F)F)CNC2. The molecule has 2 bridgehead atoms. The number of fused-ring (bicyclic) bond motifs is 2. The van der Waals surface area contributed by atoms with Gasteiger partial charge in [-0.25, -0.2) is 4.79 Å². The van der Waals surface area contributed by atoms with Gasteiger partial charge < -0.3 is 15.4 Å². The van der Waals surface area contributed by atoms with Crippen LogP contribution in [-0.2, 0) is 9.53 Å². The van der Waals surface area contributed by atoms with Crippen LogP contribution in [0.3, 0.4) is 0 Å². The smallest absolute Gasteiger partial charge is 0.444 e. The van der Waals surface area contributed by atoms with Crippen LogP contribution in [0.15, 0.2) is 0 Å². The summed E-state index contributed by atoms with van der Waals surface area (Å²) in [6.45, 7) is 5.82. The average Bonchev–Trinajstić information content (AvgIpc) is 2.60. The van der Waals surface area contributed by atoms with Crippen molar-refractivity contribution in [1.82, 2.24) is 15.5 Å².